The molecule has 150 valence electrons. The first kappa shape index (κ1) is 19.3. The van der Waals surface area contributed by atoms with Gasteiger partial charge in [-0.25, -0.2) is 0 Å². The van der Waals surface area contributed by atoms with Crippen LogP contribution in [0.15, 0.2) is 60.7 Å². The molecule has 0 amide bonds. The SMILES string of the molecule is CCn1c2ccc(CNCCc3cccc(OC)c3)cc2c2cc(OC)ccc21. The van der Waals surface area contributed by atoms with Gasteiger partial charge in [0.1, 0.15) is 11.5 Å². The summed E-state index contributed by atoms with van der Waals surface area (Å²) in [4.78, 5) is 0. The van der Waals surface area contributed by atoms with E-state index in [4.69, 9.17) is 9.47 Å². The number of hydrogen-bond donors (Lipinski definition) is 1. The lowest BCUT2D eigenvalue weighted by atomic mass is 10.1. The van der Waals surface area contributed by atoms with Crippen molar-refractivity contribution in [1.82, 2.24) is 9.88 Å². The van der Waals surface area contributed by atoms with Gasteiger partial charge < -0.3 is 19.4 Å². The number of aryl methyl sites for hydroxylation is 1. The fourth-order valence-corrected chi connectivity index (χ4v) is 4.00. The molecule has 1 heterocycles. The van der Waals surface area contributed by atoms with E-state index in [0.29, 0.717) is 0 Å². The highest BCUT2D eigenvalue weighted by molar-refractivity contribution is 6.08. The molecule has 4 rings (SSSR count). The van der Waals surface area contributed by atoms with Crippen molar-refractivity contribution in [2.24, 2.45) is 0 Å². The second kappa shape index (κ2) is 8.58. The van der Waals surface area contributed by atoms with Crippen LogP contribution in [-0.2, 0) is 19.5 Å². The summed E-state index contributed by atoms with van der Waals surface area (Å²) in [5.74, 6) is 1.81. The Balaban J connectivity index is 1.51. The van der Waals surface area contributed by atoms with Crippen molar-refractivity contribution in [3.8, 4) is 11.5 Å². The van der Waals surface area contributed by atoms with Crippen LogP contribution in [0, 0.1) is 0 Å². The van der Waals surface area contributed by atoms with Gasteiger partial charge in [-0.1, -0.05) is 18.2 Å². The number of methoxy groups -OCH3 is 2. The predicted molar refractivity (Wildman–Crippen MR) is 120 cm³/mol. The Morgan fingerprint density at radius 3 is 2.28 bits per heavy atom. The highest BCUT2D eigenvalue weighted by atomic mass is 16.5. The molecule has 0 aliphatic heterocycles. The molecule has 0 atom stereocenters. The maximum Gasteiger partial charge on any atom is 0.119 e. The molecule has 0 fully saturated rings. The number of nitrogens with zero attached hydrogens (tertiary/aromatic N) is 1. The summed E-state index contributed by atoms with van der Waals surface area (Å²) in [5, 5.41) is 6.11. The molecular weight excluding hydrogens is 360 g/mol. The minimum atomic E-state index is 0.850. The van der Waals surface area contributed by atoms with Crippen molar-refractivity contribution in [3.05, 3.63) is 71.8 Å². The third kappa shape index (κ3) is 3.94. The molecule has 0 aliphatic carbocycles. The lowest BCUT2D eigenvalue weighted by Gasteiger charge is -2.08. The Bertz CT molecular complexity index is 1130. The van der Waals surface area contributed by atoms with Crippen molar-refractivity contribution in [1.29, 1.82) is 0 Å². The first-order valence-corrected chi connectivity index (χ1v) is 10.2. The van der Waals surface area contributed by atoms with Crippen molar-refractivity contribution in [2.45, 2.75) is 26.4 Å². The second-order valence-corrected chi connectivity index (χ2v) is 7.26. The fraction of sp³-hybridized carbons (Fsp3) is 0.280. The third-order valence-corrected chi connectivity index (χ3v) is 5.51. The molecule has 4 aromatic rings. The summed E-state index contributed by atoms with van der Waals surface area (Å²) in [6, 6.07) is 21.4. The summed E-state index contributed by atoms with van der Waals surface area (Å²) in [5.41, 5.74) is 5.11. The van der Waals surface area contributed by atoms with E-state index in [1.165, 1.54) is 32.9 Å². The molecule has 1 aromatic heterocycles. The average Bonchev–Trinajstić information content (AvgIpc) is 3.09. The molecule has 0 spiro atoms. The quantitative estimate of drug-likeness (QED) is 0.423. The van der Waals surface area contributed by atoms with Crippen molar-refractivity contribution < 1.29 is 9.47 Å². The molecule has 0 saturated carbocycles. The number of hydrogen-bond acceptors (Lipinski definition) is 3. The standard InChI is InChI=1S/C25H28N2O2/c1-4-27-24-10-8-19(15-22(24)23-16-21(29-3)9-11-25(23)27)17-26-13-12-18-6-5-7-20(14-18)28-2/h5-11,14-16,26H,4,12-13,17H2,1-3H3. The van der Waals surface area contributed by atoms with Crippen LogP contribution in [0.3, 0.4) is 0 Å². The summed E-state index contributed by atoms with van der Waals surface area (Å²) >= 11 is 0. The lowest BCUT2D eigenvalue weighted by Crippen LogP contribution is -2.16. The van der Waals surface area contributed by atoms with Crippen LogP contribution in [0.25, 0.3) is 21.8 Å². The van der Waals surface area contributed by atoms with E-state index in [-0.39, 0.29) is 0 Å². The molecule has 29 heavy (non-hydrogen) atoms. The average molecular weight is 389 g/mol. The van der Waals surface area contributed by atoms with Crippen LogP contribution in [0.2, 0.25) is 0 Å². The molecule has 4 heteroatoms. The highest BCUT2D eigenvalue weighted by Gasteiger charge is 2.11. The molecule has 4 nitrogen and oxygen atoms in total. The maximum atomic E-state index is 5.45. The van der Waals surface area contributed by atoms with Gasteiger partial charge in [-0.2, -0.15) is 0 Å². The zero-order chi connectivity index (χ0) is 20.2. The first-order valence-electron chi connectivity index (χ1n) is 10.2. The van der Waals surface area contributed by atoms with Gasteiger partial charge in [0.2, 0.25) is 0 Å². The molecule has 1 N–H and O–H groups in total. The van der Waals surface area contributed by atoms with Crippen LogP contribution < -0.4 is 14.8 Å². The molecule has 0 saturated heterocycles. The summed E-state index contributed by atoms with van der Waals surface area (Å²) in [6.07, 6.45) is 0.978. The molecule has 0 aliphatic rings. The maximum absolute atomic E-state index is 5.45. The van der Waals surface area contributed by atoms with Gasteiger partial charge in [-0.05, 0) is 73.5 Å². The Labute approximate surface area is 172 Å². The monoisotopic (exact) mass is 388 g/mol. The van der Waals surface area contributed by atoms with E-state index in [2.05, 4.69) is 59.3 Å². The van der Waals surface area contributed by atoms with E-state index in [9.17, 15) is 0 Å². The topological polar surface area (TPSA) is 35.4 Å². The van der Waals surface area contributed by atoms with Gasteiger partial charge in [0, 0.05) is 34.9 Å². The fourth-order valence-electron chi connectivity index (χ4n) is 4.00. The van der Waals surface area contributed by atoms with Gasteiger partial charge in [0.05, 0.1) is 14.2 Å². The van der Waals surface area contributed by atoms with Gasteiger partial charge in [0.15, 0.2) is 0 Å². The third-order valence-electron chi connectivity index (χ3n) is 5.51. The number of benzene rings is 3. The Kier molecular flexibility index (Phi) is 5.72. The normalized spacial score (nSPS) is 11.3. The number of aromatic nitrogens is 1. The van der Waals surface area contributed by atoms with Crippen LogP contribution in [0.4, 0.5) is 0 Å². The number of nitrogens with one attached hydrogen (secondary N) is 1. The number of rotatable bonds is 8. The smallest absolute Gasteiger partial charge is 0.119 e. The molecule has 0 bridgehead atoms. The zero-order valence-electron chi connectivity index (χ0n) is 17.4. The van der Waals surface area contributed by atoms with Crippen LogP contribution >= 0.6 is 0 Å². The first-order chi connectivity index (χ1) is 14.2. The lowest BCUT2D eigenvalue weighted by molar-refractivity contribution is 0.414. The number of ether oxygens (including phenoxy) is 2. The van der Waals surface area contributed by atoms with Crippen LogP contribution in [0.5, 0.6) is 11.5 Å². The van der Waals surface area contributed by atoms with Gasteiger partial charge in [0.25, 0.3) is 0 Å². The molecule has 0 unspecified atom stereocenters. The van der Waals surface area contributed by atoms with E-state index < -0.39 is 0 Å². The molecule has 3 aromatic carbocycles. The van der Waals surface area contributed by atoms with Crippen molar-refractivity contribution in [3.63, 3.8) is 0 Å². The van der Waals surface area contributed by atoms with Crippen molar-refractivity contribution in [2.75, 3.05) is 20.8 Å². The summed E-state index contributed by atoms with van der Waals surface area (Å²) in [7, 11) is 3.43. The van der Waals surface area contributed by atoms with E-state index >= 15 is 0 Å². The van der Waals surface area contributed by atoms with Gasteiger partial charge in [-0.3, -0.25) is 0 Å². The van der Waals surface area contributed by atoms with Crippen LogP contribution in [-0.4, -0.2) is 25.3 Å². The molecule has 0 radical (unpaired) electrons. The van der Waals surface area contributed by atoms with Crippen LogP contribution in [0.1, 0.15) is 18.1 Å². The minimum absolute atomic E-state index is 0.850. The Morgan fingerprint density at radius 1 is 0.793 bits per heavy atom. The van der Waals surface area contributed by atoms with Crippen molar-refractivity contribution >= 4 is 21.8 Å². The molecular formula is C25H28N2O2. The highest BCUT2D eigenvalue weighted by Crippen LogP contribution is 2.32. The second-order valence-electron chi connectivity index (χ2n) is 7.26. The Morgan fingerprint density at radius 2 is 1.52 bits per heavy atom. The van der Waals surface area contributed by atoms with Gasteiger partial charge >= 0.3 is 0 Å². The largest absolute Gasteiger partial charge is 0.497 e. The van der Waals surface area contributed by atoms with E-state index in [0.717, 1.165) is 37.6 Å². The van der Waals surface area contributed by atoms with E-state index in [1.54, 1.807) is 14.2 Å². The van der Waals surface area contributed by atoms with E-state index in [1.807, 2.05) is 18.2 Å². The summed E-state index contributed by atoms with van der Waals surface area (Å²) in [6.45, 7) is 4.92. The van der Waals surface area contributed by atoms with Gasteiger partial charge in [-0.15, -0.1) is 0 Å². The minimum Gasteiger partial charge on any atom is -0.497 e. The summed E-state index contributed by atoms with van der Waals surface area (Å²) < 4.78 is 13.1. The number of fused-ring (bicyclic) bond motifs is 3. The zero-order valence-corrected chi connectivity index (χ0v) is 17.4. The predicted octanol–water partition coefficient (Wildman–Crippen LogP) is 5.16. The Hall–Kier alpha value is -2.98.